The summed E-state index contributed by atoms with van der Waals surface area (Å²) in [5.41, 5.74) is 5.10. The summed E-state index contributed by atoms with van der Waals surface area (Å²) in [6, 6.07) is 18.2. The van der Waals surface area contributed by atoms with Gasteiger partial charge >= 0.3 is 0 Å². The van der Waals surface area contributed by atoms with E-state index in [0.29, 0.717) is 0 Å². The predicted octanol–water partition coefficient (Wildman–Crippen LogP) is 4.51. The van der Waals surface area contributed by atoms with Crippen LogP contribution in [0.5, 0.6) is 0 Å². The van der Waals surface area contributed by atoms with Gasteiger partial charge in [-0.25, -0.2) is 0 Å². The summed E-state index contributed by atoms with van der Waals surface area (Å²) >= 11 is 0. The summed E-state index contributed by atoms with van der Waals surface area (Å²) in [4.78, 5) is 11.7. The Morgan fingerprint density at radius 1 is 0.909 bits per heavy atom. The second kappa shape index (κ2) is 6.27. The number of benzene rings is 2. The van der Waals surface area contributed by atoms with Crippen molar-refractivity contribution in [2.45, 2.75) is 6.92 Å². The Kier molecular flexibility index (Phi) is 4.01. The third kappa shape index (κ3) is 3.41. The molecule has 0 amide bonds. The van der Waals surface area contributed by atoms with E-state index in [2.05, 4.69) is 18.3 Å². The van der Waals surface area contributed by atoms with E-state index in [-0.39, 0.29) is 5.78 Å². The molecule has 22 heavy (non-hydrogen) atoms. The number of hydrogen-bond donors (Lipinski definition) is 1. The van der Waals surface area contributed by atoms with E-state index in [0.717, 1.165) is 22.5 Å². The Morgan fingerprint density at radius 2 is 1.64 bits per heavy atom. The molecule has 0 saturated carbocycles. The maximum absolute atomic E-state index is 11.7. The van der Waals surface area contributed by atoms with Gasteiger partial charge in [-0.15, -0.1) is 0 Å². The molecule has 2 nitrogen and oxygen atoms in total. The first-order valence-electron chi connectivity index (χ1n) is 7.25. The van der Waals surface area contributed by atoms with Gasteiger partial charge in [0.2, 0.25) is 0 Å². The smallest absolute Gasteiger partial charge is 0.180 e. The number of nitrogens with one attached hydrogen (secondary N) is 1. The zero-order chi connectivity index (χ0) is 15.4. The van der Waals surface area contributed by atoms with Crippen LogP contribution in [0.3, 0.4) is 0 Å². The highest BCUT2D eigenvalue weighted by Crippen LogP contribution is 2.22. The average molecular weight is 287 g/mol. The van der Waals surface area contributed by atoms with Crippen LogP contribution in [-0.2, 0) is 4.79 Å². The Hall–Kier alpha value is -2.87. The first-order chi connectivity index (χ1) is 10.7. The largest absolute Gasteiger partial charge is 0.355 e. The highest BCUT2D eigenvalue weighted by molar-refractivity contribution is 6.03. The fraction of sp³-hybridized carbons (Fsp3) is 0.0500. The fourth-order valence-corrected chi connectivity index (χ4v) is 2.29. The van der Waals surface area contributed by atoms with Gasteiger partial charge in [0.05, 0.1) is 0 Å². The van der Waals surface area contributed by atoms with Crippen molar-refractivity contribution in [1.82, 2.24) is 0 Å². The summed E-state index contributed by atoms with van der Waals surface area (Å²) in [5, 5.41) is 3.33. The first kappa shape index (κ1) is 14.1. The molecule has 0 aliphatic heterocycles. The van der Waals surface area contributed by atoms with Crippen molar-refractivity contribution < 1.29 is 4.79 Å². The number of hydrogen-bond acceptors (Lipinski definition) is 2. The highest BCUT2D eigenvalue weighted by Gasteiger charge is 2.10. The van der Waals surface area contributed by atoms with Gasteiger partial charge in [-0.05, 0) is 48.4 Å². The Bertz CT molecular complexity index is 765. The molecule has 0 unspecified atom stereocenters. The molecule has 1 aliphatic carbocycles. The van der Waals surface area contributed by atoms with E-state index in [1.54, 1.807) is 12.2 Å². The van der Waals surface area contributed by atoms with Crippen LogP contribution in [-0.4, -0.2) is 5.78 Å². The zero-order valence-corrected chi connectivity index (χ0v) is 12.4. The van der Waals surface area contributed by atoms with Gasteiger partial charge in [-0.3, -0.25) is 4.79 Å². The summed E-state index contributed by atoms with van der Waals surface area (Å²) in [6.07, 6.45) is 7.14. The molecule has 0 saturated heterocycles. The second-order valence-corrected chi connectivity index (χ2v) is 5.30. The summed E-state index contributed by atoms with van der Waals surface area (Å²) < 4.78 is 0. The van der Waals surface area contributed by atoms with E-state index < -0.39 is 0 Å². The zero-order valence-electron chi connectivity index (χ0n) is 12.4. The van der Waals surface area contributed by atoms with Crippen molar-refractivity contribution in [2.24, 2.45) is 0 Å². The highest BCUT2D eigenvalue weighted by atomic mass is 16.1. The summed E-state index contributed by atoms with van der Waals surface area (Å²) in [7, 11) is 0. The summed E-state index contributed by atoms with van der Waals surface area (Å²) in [6.45, 7) is 2.05. The minimum Gasteiger partial charge on any atom is -0.355 e. The molecule has 0 aromatic heterocycles. The summed E-state index contributed by atoms with van der Waals surface area (Å²) in [5.74, 6) is -0.000164. The molecule has 3 rings (SSSR count). The normalized spacial score (nSPS) is 15.8. The van der Waals surface area contributed by atoms with E-state index >= 15 is 0 Å². The van der Waals surface area contributed by atoms with Gasteiger partial charge in [0.25, 0.3) is 0 Å². The third-order valence-electron chi connectivity index (χ3n) is 3.48. The molecule has 0 fully saturated rings. The number of allylic oxidation sites excluding steroid dienone is 3. The lowest BCUT2D eigenvalue weighted by atomic mass is 10.0. The molecule has 0 heterocycles. The number of aryl methyl sites for hydroxylation is 1. The van der Waals surface area contributed by atoms with Crippen LogP contribution in [0.1, 0.15) is 11.1 Å². The van der Waals surface area contributed by atoms with Crippen molar-refractivity contribution >= 4 is 17.5 Å². The van der Waals surface area contributed by atoms with Crippen LogP contribution in [0.2, 0.25) is 0 Å². The predicted molar refractivity (Wildman–Crippen MR) is 91.5 cm³/mol. The molecule has 1 N–H and O–H groups in total. The average Bonchev–Trinajstić information content (AvgIpc) is 2.53. The van der Waals surface area contributed by atoms with Crippen LogP contribution in [0, 0.1) is 6.92 Å². The Morgan fingerprint density at radius 3 is 2.36 bits per heavy atom. The van der Waals surface area contributed by atoms with Crippen LogP contribution < -0.4 is 5.32 Å². The molecule has 0 radical (unpaired) electrons. The lowest BCUT2D eigenvalue weighted by Crippen LogP contribution is -2.08. The minimum absolute atomic E-state index is 0.000164. The van der Waals surface area contributed by atoms with Crippen LogP contribution in [0.25, 0.3) is 6.08 Å². The van der Waals surface area contributed by atoms with Gasteiger partial charge in [0.1, 0.15) is 0 Å². The first-order valence-corrected chi connectivity index (χ1v) is 7.25. The molecule has 2 aromatic carbocycles. The number of anilines is 1. The number of carbonyl (C=O) groups is 1. The Balaban J connectivity index is 1.90. The van der Waals surface area contributed by atoms with Gasteiger partial charge < -0.3 is 5.32 Å². The molecule has 2 aromatic rings. The number of rotatable bonds is 3. The SMILES string of the molecule is Cc1ccc(NC2=CC(=O)C=C/C2=C\c2ccccc2)cc1. The minimum atomic E-state index is -0.000164. The van der Waals surface area contributed by atoms with E-state index in [1.807, 2.05) is 60.7 Å². The van der Waals surface area contributed by atoms with E-state index in [4.69, 9.17) is 0 Å². The maximum Gasteiger partial charge on any atom is 0.180 e. The van der Waals surface area contributed by atoms with Crippen molar-refractivity contribution in [2.75, 3.05) is 5.32 Å². The second-order valence-electron chi connectivity index (χ2n) is 5.30. The molecule has 108 valence electrons. The van der Waals surface area contributed by atoms with Gasteiger partial charge in [-0.2, -0.15) is 0 Å². The van der Waals surface area contributed by atoms with E-state index in [1.165, 1.54) is 5.56 Å². The lowest BCUT2D eigenvalue weighted by molar-refractivity contribution is -0.110. The standard InChI is InChI=1S/C20H17NO/c1-15-7-10-18(11-8-15)21-20-14-19(22)12-9-17(20)13-16-5-3-2-4-6-16/h2-14,21H,1H3/b17-13+. The maximum atomic E-state index is 11.7. The molecule has 0 spiro atoms. The third-order valence-corrected chi connectivity index (χ3v) is 3.48. The molecule has 2 heteroatoms. The van der Waals surface area contributed by atoms with Crippen molar-refractivity contribution in [3.63, 3.8) is 0 Å². The molecular formula is C20H17NO. The topological polar surface area (TPSA) is 29.1 Å². The quantitative estimate of drug-likeness (QED) is 0.899. The molecule has 0 bridgehead atoms. The lowest BCUT2D eigenvalue weighted by Gasteiger charge is -2.15. The van der Waals surface area contributed by atoms with Gasteiger partial charge in [-0.1, -0.05) is 48.0 Å². The van der Waals surface area contributed by atoms with Gasteiger partial charge in [0, 0.05) is 17.5 Å². The van der Waals surface area contributed by atoms with Crippen LogP contribution >= 0.6 is 0 Å². The molecule has 0 atom stereocenters. The van der Waals surface area contributed by atoms with Gasteiger partial charge in [0.15, 0.2) is 5.78 Å². The molecule has 1 aliphatic rings. The number of carbonyl (C=O) groups excluding carboxylic acids is 1. The van der Waals surface area contributed by atoms with Crippen LogP contribution in [0.15, 0.2) is 84.1 Å². The molecular weight excluding hydrogens is 270 g/mol. The van der Waals surface area contributed by atoms with Crippen LogP contribution in [0.4, 0.5) is 5.69 Å². The van der Waals surface area contributed by atoms with E-state index in [9.17, 15) is 4.79 Å². The number of ketones is 1. The monoisotopic (exact) mass is 287 g/mol. The Labute approximate surface area is 130 Å². The van der Waals surface area contributed by atoms with Crippen molar-refractivity contribution in [1.29, 1.82) is 0 Å². The van der Waals surface area contributed by atoms with Crippen molar-refractivity contribution in [3.8, 4) is 0 Å². The fourth-order valence-electron chi connectivity index (χ4n) is 2.29. The van der Waals surface area contributed by atoms with Crippen molar-refractivity contribution in [3.05, 3.63) is 95.2 Å².